The monoisotopic (exact) mass is 194 g/mol. The van der Waals surface area contributed by atoms with Gasteiger partial charge >= 0.3 is 0 Å². The molecular formula is C11H18N2O. The summed E-state index contributed by atoms with van der Waals surface area (Å²) in [5.41, 5.74) is 1.33. The summed E-state index contributed by atoms with van der Waals surface area (Å²) in [5.74, 6) is 0.550. The smallest absolute Gasteiger partial charge is 0.0549 e. The molecule has 0 amide bonds. The van der Waals surface area contributed by atoms with Gasteiger partial charge in [-0.1, -0.05) is 0 Å². The van der Waals surface area contributed by atoms with E-state index in [1.165, 1.54) is 18.5 Å². The van der Waals surface area contributed by atoms with Gasteiger partial charge in [0, 0.05) is 30.5 Å². The fraction of sp³-hybridized carbons (Fsp3) is 0.727. The van der Waals surface area contributed by atoms with Crippen molar-refractivity contribution >= 4 is 0 Å². The number of ether oxygens (including phenoxy) is 1. The minimum Gasteiger partial charge on any atom is -0.381 e. The highest BCUT2D eigenvalue weighted by molar-refractivity contribution is 5.09. The van der Waals surface area contributed by atoms with Crippen LogP contribution in [-0.2, 0) is 4.74 Å². The first kappa shape index (κ1) is 9.71. The van der Waals surface area contributed by atoms with Gasteiger partial charge in [-0.15, -0.1) is 0 Å². The van der Waals surface area contributed by atoms with E-state index in [9.17, 15) is 0 Å². The Bertz CT molecular complexity index is 287. The zero-order valence-corrected chi connectivity index (χ0v) is 8.94. The lowest BCUT2D eigenvalue weighted by atomic mass is 9.98. The van der Waals surface area contributed by atoms with Crippen LogP contribution < -0.4 is 0 Å². The molecule has 0 bridgehead atoms. The van der Waals surface area contributed by atoms with Gasteiger partial charge in [-0.25, -0.2) is 0 Å². The van der Waals surface area contributed by atoms with Crippen LogP contribution in [0.5, 0.6) is 0 Å². The van der Waals surface area contributed by atoms with E-state index >= 15 is 0 Å². The molecule has 1 aliphatic rings. The van der Waals surface area contributed by atoms with Crippen LogP contribution in [0.15, 0.2) is 12.3 Å². The molecule has 0 aliphatic carbocycles. The highest BCUT2D eigenvalue weighted by atomic mass is 16.5. The lowest BCUT2D eigenvalue weighted by Crippen LogP contribution is -2.19. The zero-order valence-electron chi connectivity index (χ0n) is 8.94. The zero-order chi connectivity index (χ0) is 9.97. The summed E-state index contributed by atoms with van der Waals surface area (Å²) in [6.45, 7) is 6.12. The van der Waals surface area contributed by atoms with Gasteiger partial charge < -0.3 is 4.74 Å². The maximum Gasteiger partial charge on any atom is 0.0549 e. The van der Waals surface area contributed by atoms with Crippen molar-refractivity contribution in [2.24, 2.45) is 0 Å². The molecule has 1 aromatic heterocycles. The summed E-state index contributed by atoms with van der Waals surface area (Å²) in [6, 6.07) is 2.57. The highest BCUT2D eigenvalue weighted by Gasteiger charge is 2.20. The molecule has 0 N–H and O–H groups in total. The maximum absolute atomic E-state index is 5.50. The van der Waals surface area contributed by atoms with E-state index in [0.717, 1.165) is 13.2 Å². The minimum absolute atomic E-state index is 0.446. The molecule has 0 saturated carbocycles. The van der Waals surface area contributed by atoms with E-state index in [0.29, 0.717) is 12.0 Å². The second-order valence-electron chi connectivity index (χ2n) is 4.21. The first-order valence-electron chi connectivity index (χ1n) is 5.40. The summed E-state index contributed by atoms with van der Waals surface area (Å²) in [4.78, 5) is 0. The van der Waals surface area contributed by atoms with Gasteiger partial charge in [0.1, 0.15) is 0 Å². The second-order valence-corrected chi connectivity index (χ2v) is 4.21. The van der Waals surface area contributed by atoms with Gasteiger partial charge in [-0.2, -0.15) is 5.10 Å². The lowest BCUT2D eigenvalue weighted by Gasteiger charge is -2.24. The van der Waals surface area contributed by atoms with Crippen molar-refractivity contribution in [3.05, 3.63) is 18.0 Å². The third-order valence-corrected chi connectivity index (χ3v) is 2.77. The third kappa shape index (κ3) is 1.82. The molecule has 78 valence electrons. The van der Waals surface area contributed by atoms with Crippen molar-refractivity contribution in [1.29, 1.82) is 0 Å². The van der Waals surface area contributed by atoms with Crippen LogP contribution in [0.1, 0.15) is 44.3 Å². The Morgan fingerprint density at radius 2 is 2.43 bits per heavy atom. The molecule has 2 heterocycles. The van der Waals surface area contributed by atoms with Gasteiger partial charge in [-0.3, -0.25) is 4.68 Å². The average molecular weight is 194 g/mol. The number of hydrogen-bond donors (Lipinski definition) is 0. The first-order valence-corrected chi connectivity index (χ1v) is 5.40. The normalized spacial score (nSPS) is 22.9. The van der Waals surface area contributed by atoms with Gasteiger partial charge in [0.25, 0.3) is 0 Å². The summed E-state index contributed by atoms with van der Waals surface area (Å²) < 4.78 is 7.61. The molecule has 1 aromatic rings. The quantitative estimate of drug-likeness (QED) is 0.722. The Labute approximate surface area is 85.1 Å². The largest absolute Gasteiger partial charge is 0.381 e. The average Bonchev–Trinajstić information content (AvgIpc) is 2.67. The number of aromatic nitrogens is 2. The maximum atomic E-state index is 5.50. The van der Waals surface area contributed by atoms with E-state index in [-0.39, 0.29) is 0 Å². The van der Waals surface area contributed by atoms with Crippen molar-refractivity contribution in [1.82, 2.24) is 9.78 Å². The molecule has 1 saturated heterocycles. The number of nitrogens with zero attached hydrogens (tertiary/aromatic N) is 2. The van der Waals surface area contributed by atoms with Gasteiger partial charge in [-0.05, 0) is 32.8 Å². The standard InChI is InChI=1S/C11H18N2O/c1-9(2)13-11(5-6-12-13)10-4-3-7-14-8-10/h5-6,9-10H,3-4,7-8H2,1-2H3. The van der Waals surface area contributed by atoms with E-state index in [2.05, 4.69) is 29.7 Å². The van der Waals surface area contributed by atoms with E-state index in [1.807, 2.05) is 6.20 Å². The molecule has 1 unspecified atom stereocenters. The number of hydrogen-bond acceptors (Lipinski definition) is 2. The van der Waals surface area contributed by atoms with Gasteiger partial charge in [0.05, 0.1) is 6.61 Å². The first-order chi connectivity index (χ1) is 6.79. The SMILES string of the molecule is CC(C)n1nccc1C1CCCOC1. The molecule has 1 fully saturated rings. The fourth-order valence-electron chi connectivity index (χ4n) is 2.05. The van der Waals surface area contributed by atoms with Crippen LogP contribution >= 0.6 is 0 Å². The topological polar surface area (TPSA) is 27.1 Å². The fourth-order valence-corrected chi connectivity index (χ4v) is 2.05. The molecule has 3 heteroatoms. The lowest BCUT2D eigenvalue weighted by molar-refractivity contribution is 0.0775. The minimum atomic E-state index is 0.446. The van der Waals surface area contributed by atoms with Crippen LogP contribution in [0.25, 0.3) is 0 Å². The molecule has 3 nitrogen and oxygen atoms in total. The molecule has 14 heavy (non-hydrogen) atoms. The van der Waals surface area contributed by atoms with Gasteiger partial charge in [0.2, 0.25) is 0 Å². The molecule has 2 rings (SSSR count). The Balaban J connectivity index is 2.17. The van der Waals surface area contributed by atoms with Crippen LogP contribution in [-0.4, -0.2) is 23.0 Å². The van der Waals surface area contributed by atoms with E-state index < -0.39 is 0 Å². The van der Waals surface area contributed by atoms with E-state index in [4.69, 9.17) is 4.74 Å². The molecule has 1 atom stereocenters. The van der Waals surface area contributed by atoms with E-state index in [1.54, 1.807) is 0 Å². The van der Waals surface area contributed by atoms with Crippen molar-refractivity contribution in [3.8, 4) is 0 Å². The van der Waals surface area contributed by atoms with Crippen molar-refractivity contribution in [2.75, 3.05) is 13.2 Å². The molecule has 0 radical (unpaired) electrons. The molecular weight excluding hydrogens is 176 g/mol. The predicted octanol–water partition coefficient (Wildman–Crippen LogP) is 2.36. The third-order valence-electron chi connectivity index (χ3n) is 2.77. The Kier molecular flexibility index (Phi) is 2.87. The number of rotatable bonds is 2. The van der Waals surface area contributed by atoms with Crippen molar-refractivity contribution < 1.29 is 4.74 Å². The summed E-state index contributed by atoms with van der Waals surface area (Å²) in [7, 11) is 0. The summed E-state index contributed by atoms with van der Waals surface area (Å²) in [5, 5.41) is 4.35. The molecule has 0 aromatic carbocycles. The summed E-state index contributed by atoms with van der Waals surface area (Å²) >= 11 is 0. The summed E-state index contributed by atoms with van der Waals surface area (Å²) in [6.07, 6.45) is 4.30. The van der Waals surface area contributed by atoms with Crippen LogP contribution in [0.3, 0.4) is 0 Å². The molecule has 0 spiro atoms. The Morgan fingerprint density at radius 1 is 1.57 bits per heavy atom. The van der Waals surface area contributed by atoms with Crippen LogP contribution in [0, 0.1) is 0 Å². The second kappa shape index (κ2) is 4.13. The Hall–Kier alpha value is -0.830. The van der Waals surface area contributed by atoms with Crippen LogP contribution in [0.4, 0.5) is 0 Å². The van der Waals surface area contributed by atoms with Crippen LogP contribution in [0.2, 0.25) is 0 Å². The highest BCUT2D eigenvalue weighted by Crippen LogP contribution is 2.26. The van der Waals surface area contributed by atoms with Crippen molar-refractivity contribution in [2.45, 2.75) is 38.6 Å². The molecule has 1 aliphatic heterocycles. The Morgan fingerprint density at radius 3 is 3.07 bits per heavy atom. The predicted molar refractivity (Wildman–Crippen MR) is 55.4 cm³/mol. The van der Waals surface area contributed by atoms with Crippen molar-refractivity contribution in [3.63, 3.8) is 0 Å². The van der Waals surface area contributed by atoms with Gasteiger partial charge in [0.15, 0.2) is 0 Å².